The second kappa shape index (κ2) is 7.02. The van der Waals surface area contributed by atoms with Crippen LogP contribution in [0.4, 0.5) is 11.4 Å². The van der Waals surface area contributed by atoms with Crippen LogP contribution in [0.15, 0.2) is 47.4 Å². The molecular weight excluding hydrogens is 336 g/mol. The lowest BCUT2D eigenvalue weighted by Crippen LogP contribution is -2.22. The molecule has 2 N–H and O–H groups in total. The highest BCUT2D eigenvalue weighted by Gasteiger charge is 2.08. The van der Waals surface area contributed by atoms with E-state index in [9.17, 15) is 13.2 Å². The van der Waals surface area contributed by atoms with Gasteiger partial charge < -0.3 is 10.6 Å². The van der Waals surface area contributed by atoms with Crippen molar-refractivity contribution in [3.8, 4) is 0 Å². The van der Waals surface area contributed by atoms with Gasteiger partial charge in [0.05, 0.1) is 11.4 Å². The van der Waals surface area contributed by atoms with Gasteiger partial charge in [0.15, 0.2) is 9.84 Å². The van der Waals surface area contributed by atoms with Gasteiger partial charge in [-0.1, -0.05) is 17.7 Å². The van der Waals surface area contributed by atoms with E-state index < -0.39 is 9.84 Å². The summed E-state index contributed by atoms with van der Waals surface area (Å²) in [7, 11) is -3.24. The zero-order valence-electron chi connectivity index (χ0n) is 12.8. The molecule has 7 heteroatoms. The topological polar surface area (TPSA) is 75.3 Å². The van der Waals surface area contributed by atoms with Crippen molar-refractivity contribution in [3.05, 3.63) is 53.1 Å². The summed E-state index contributed by atoms with van der Waals surface area (Å²) in [5.41, 5.74) is 2.20. The highest BCUT2D eigenvalue weighted by molar-refractivity contribution is 7.90. The molecule has 0 aliphatic rings. The maximum atomic E-state index is 11.9. The zero-order chi connectivity index (χ0) is 17.0. The summed E-state index contributed by atoms with van der Waals surface area (Å²) in [6, 6.07) is 11.5. The van der Waals surface area contributed by atoms with Crippen molar-refractivity contribution in [1.82, 2.24) is 0 Å². The highest BCUT2D eigenvalue weighted by Crippen LogP contribution is 2.22. The minimum atomic E-state index is -3.24. The van der Waals surface area contributed by atoms with E-state index in [0.717, 1.165) is 17.5 Å². The molecule has 2 aromatic rings. The van der Waals surface area contributed by atoms with Crippen molar-refractivity contribution in [2.24, 2.45) is 0 Å². The Morgan fingerprint density at radius 1 is 1.13 bits per heavy atom. The standard InChI is InChI=1S/C16H17ClN2O3S/c1-11-14(17)4-3-5-15(11)18-10-16(20)19-12-6-8-13(9-7-12)23(2,21)22/h3-9,18H,10H2,1-2H3,(H,19,20). The molecule has 2 aromatic carbocycles. The van der Waals surface area contributed by atoms with E-state index in [0.29, 0.717) is 10.7 Å². The van der Waals surface area contributed by atoms with Gasteiger partial charge in [0.1, 0.15) is 0 Å². The van der Waals surface area contributed by atoms with Crippen molar-refractivity contribution in [3.63, 3.8) is 0 Å². The molecule has 0 saturated carbocycles. The van der Waals surface area contributed by atoms with Crippen LogP contribution in [0.25, 0.3) is 0 Å². The van der Waals surface area contributed by atoms with Gasteiger partial charge in [-0.15, -0.1) is 0 Å². The van der Waals surface area contributed by atoms with Crippen molar-refractivity contribution >= 4 is 38.7 Å². The molecule has 0 atom stereocenters. The van der Waals surface area contributed by atoms with E-state index >= 15 is 0 Å². The number of nitrogens with one attached hydrogen (secondary N) is 2. The largest absolute Gasteiger partial charge is 0.376 e. The molecule has 0 fully saturated rings. The van der Waals surface area contributed by atoms with E-state index in [1.165, 1.54) is 12.1 Å². The molecule has 1 amide bonds. The Labute approximate surface area is 140 Å². The third-order valence-corrected chi connectivity index (χ3v) is 4.81. The van der Waals surface area contributed by atoms with Gasteiger partial charge in [0, 0.05) is 22.7 Å². The number of sulfone groups is 1. The number of benzene rings is 2. The quantitative estimate of drug-likeness (QED) is 0.867. The minimum absolute atomic E-state index is 0.0784. The number of hydrogen-bond donors (Lipinski definition) is 2. The number of carbonyl (C=O) groups excluding carboxylic acids is 1. The molecule has 0 bridgehead atoms. The second-order valence-electron chi connectivity index (χ2n) is 5.11. The maximum absolute atomic E-state index is 11.9. The number of rotatable bonds is 5. The summed E-state index contributed by atoms with van der Waals surface area (Å²) >= 11 is 6.02. The predicted molar refractivity (Wildman–Crippen MR) is 92.9 cm³/mol. The molecule has 23 heavy (non-hydrogen) atoms. The van der Waals surface area contributed by atoms with Gasteiger partial charge >= 0.3 is 0 Å². The average Bonchev–Trinajstić information content (AvgIpc) is 2.48. The Morgan fingerprint density at radius 3 is 2.39 bits per heavy atom. The van der Waals surface area contributed by atoms with E-state index in [1.54, 1.807) is 24.3 Å². The Morgan fingerprint density at radius 2 is 1.78 bits per heavy atom. The SMILES string of the molecule is Cc1c(Cl)cccc1NCC(=O)Nc1ccc(S(C)(=O)=O)cc1. The van der Waals surface area contributed by atoms with Crippen LogP contribution < -0.4 is 10.6 Å². The molecule has 2 rings (SSSR count). The van der Waals surface area contributed by atoms with Crippen molar-refractivity contribution in [1.29, 1.82) is 0 Å². The molecule has 0 unspecified atom stereocenters. The third-order valence-electron chi connectivity index (χ3n) is 3.27. The number of carbonyl (C=O) groups is 1. The van der Waals surface area contributed by atoms with E-state index in [2.05, 4.69) is 10.6 Å². The molecular formula is C16H17ClN2O3S. The second-order valence-corrected chi connectivity index (χ2v) is 7.53. The van der Waals surface area contributed by atoms with Crippen LogP contribution in [0.2, 0.25) is 5.02 Å². The molecule has 0 spiro atoms. The normalized spacial score (nSPS) is 11.1. The molecule has 0 saturated heterocycles. The van der Waals surface area contributed by atoms with Gasteiger partial charge in [-0.25, -0.2) is 8.42 Å². The molecule has 0 heterocycles. The van der Waals surface area contributed by atoms with Crippen LogP contribution in [0.3, 0.4) is 0 Å². The number of amides is 1. The van der Waals surface area contributed by atoms with Crippen molar-refractivity contribution in [2.45, 2.75) is 11.8 Å². The average molecular weight is 353 g/mol. The lowest BCUT2D eigenvalue weighted by atomic mass is 10.2. The molecule has 0 radical (unpaired) electrons. The first-order chi connectivity index (χ1) is 10.8. The Kier molecular flexibility index (Phi) is 5.28. The fraction of sp³-hybridized carbons (Fsp3) is 0.188. The zero-order valence-corrected chi connectivity index (χ0v) is 14.3. The first-order valence-electron chi connectivity index (χ1n) is 6.86. The molecule has 0 aliphatic carbocycles. The maximum Gasteiger partial charge on any atom is 0.243 e. The van der Waals surface area contributed by atoms with Crippen molar-refractivity contribution < 1.29 is 13.2 Å². The molecule has 0 aromatic heterocycles. The van der Waals surface area contributed by atoms with Gasteiger partial charge in [-0.05, 0) is 48.9 Å². The summed E-state index contributed by atoms with van der Waals surface area (Å²) in [4.78, 5) is 12.2. The first-order valence-corrected chi connectivity index (χ1v) is 9.13. The Bertz CT molecular complexity index is 818. The lowest BCUT2D eigenvalue weighted by molar-refractivity contribution is -0.114. The first kappa shape index (κ1) is 17.3. The van der Waals surface area contributed by atoms with E-state index in [4.69, 9.17) is 11.6 Å². The predicted octanol–water partition coefficient (Wildman–Crippen LogP) is 3.10. The van der Waals surface area contributed by atoms with Crippen LogP contribution in [-0.2, 0) is 14.6 Å². The van der Waals surface area contributed by atoms with Gasteiger partial charge in [0.2, 0.25) is 5.91 Å². The van der Waals surface area contributed by atoms with E-state index in [-0.39, 0.29) is 17.3 Å². The Hall–Kier alpha value is -2.05. The minimum Gasteiger partial charge on any atom is -0.376 e. The summed E-state index contributed by atoms with van der Waals surface area (Å²) in [5, 5.41) is 6.34. The molecule has 0 aliphatic heterocycles. The summed E-state index contributed by atoms with van der Waals surface area (Å²) in [5.74, 6) is -0.239. The van der Waals surface area contributed by atoms with Crippen LogP contribution >= 0.6 is 11.6 Å². The monoisotopic (exact) mass is 352 g/mol. The van der Waals surface area contributed by atoms with Crippen LogP contribution in [0.1, 0.15) is 5.56 Å². The fourth-order valence-electron chi connectivity index (χ4n) is 1.97. The van der Waals surface area contributed by atoms with Gasteiger partial charge in [-0.2, -0.15) is 0 Å². The lowest BCUT2D eigenvalue weighted by Gasteiger charge is -2.11. The number of anilines is 2. The molecule has 5 nitrogen and oxygen atoms in total. The number of hydrogen-bond acceptors (Lipinski definition) is 4. The summed E-state index contributed by atoms with van der Waals surface area (Å²) < 4.78 is 22.8. The van der Waals surface area contributed by atoms with Crippen LogP contribution in [0.5, 0.6) is 0 Å². The summed E-state index contributed by atoms with van der Waals surface area (Å²) in [6.45, 7) is 1.95. The number of halogens is 1. The van der Waals surface area contributed by atoms with Gasteiger partial charge in [-0.3, -0.25) is 4.79 Å². The van der Waals surface area contributed by atoms with Crippen LogP contribution in [-0.4, -0.2) is 27.1 Å². The van der Waals surface area contributed by atoms with Crippen molar-refractivity contribution in [2.75, 3.05) is 23.4 Å². The fourth-order valence-corrected chi connectivity index (χ4v) is 2.77. The Balaban J connectivity index is 1.96. The smallest absolute Gasteiger partial charge is 0.243 e. The third kappa shape index (κ3) is 4.71. The summed E-state index contributed by atoms with van der Waals surface area (Å²) in [6.07, 6.45) is 1.14. The highest BCUT2D eigenvalue weighted by atomic mass is 35.5. The van der Waals surface area contributed by atoms with Gasteiger partial charge in [0.25, 0.3) is 0 Å². The van der Waals surface area contributed by atoms with Crippen LogP contribution in [0, 0.1) is 6.92 Å². The molecule has 122 valence electrons. The van der Waals surface area contributed by atoms with E-state index in [1.807, 2.05) is 13.0 Å².